The molecule has 2 rings (SSSR count). The van der Waals surface area contributed by atoms with E-state index in [9.17, 15) is 5.11 Å². The molecule has 0 aliphatic carbocycles. The fraction of sp³-hybridized carbons (Fsp3) is 0.538. The molecule has 2 heteroatoms. The summed E-state index contributed by atoms with van der Waals surface area (Å²) >= 11 is 0. The van der Waals surface area contributed by atoms with Crippen molar-refractivity contribution in [2.75, 3.05) is 13.1 Å². The third-order valence-electron chi connectivity index (χ3n) is 3.14. The molecule has 1 heterocycles. The molecule has 0 spiro atoms. The van der Waals surface area contributed by atoms with Crippen LogP contribution in [0.2, 0.25) is 0 Å². The predicted molar refractivity (Wildman–Crippen MR) is 62.1 cm³/mol. The van der Waals surface area contributed by atoms with E-state index in [0.29, 0.717) is 11.7 Å². The molecule has 1 atom stereocenters. The molecule has 2 nitrogen and oxygen atoms in total. The number of benzene rings is 1. The van der Waals surface area contributed by atoms with Crippen LogP contribution in [0, 0.1) is 12.8 Å². The molecule has 0 bridgehead atoms. The smallest absolute Gasteiger partial charge is 0.118 e. The summed E-state index contributed by atoms with van der Waals surface area (Å²) in [7, 11) is 0. The van der Waals surface area contributed by atoms with Crippen molar-refractivity contribution in [1.82, 2.24) is 5.32 Å². The van der Waals surface area contributed by atoms with Crippen molar-refractivity contribution in [1.29, 1.82) is 0 Å². The maximum absolute atomic E-state index is 9.75. The van der Waals surface area contributed by atoms with E-state index in [4.69, 9.17) is 0 Å². The summed E-state index contributed by atoms with van der Waals surface area (Å²) in [6.07, 6.45) is 3.54. The molecule has 1 aromatic rings. The third kappa shape index (κ3) is 2.72. The van der Waals surface area contributed by atoms with Gasteiger partial charge in [0.1, 0.15) is 5.75 Å². The number of rotatable bonds is 2. The second-order valence-corrected chi connectivity index (χ2v) is 4.55. The van der Waals surface area contributed by atoms with E-state index in [1.165, 1.54) is 18.4 Å². The van der Waals surface area contributed by atoms with Crippen LogP contribution in [0.25, 0.3) is 0 Å². The molecule has 0 saturated carbocycles. The first-order valence-corrected chi connectivity index (χ1v) is 5.75. The fourth-order valence-corrected chi connectivity index (χ4v) is 2.29. The Labute approximate surface area is 91.3 Å². The van der Waals surface area contributed by atoms with E-state index >= 15 is 0 Å². The van der Waals surface area contributed by atoms with E-state index in [-0.39, 0.29) is 0 Å². The van der Waals surface area contributed by atoms with Gasteiger partial charge in [0.25, 0.3) is 0 Å². The minimum absolute atomic E-state index is 0.450. The minimum atomic E-state index is 0.450. The Morgan fingerprint density at radius 2 is 2.33 bits per heavy atom. The second kappa shape index (κ2) is 4.67. The van der Waals surface area contributed by atoms with Crippen LogP contribution in [0.3, 0.4) is 0 Å². The fourth-order valence-electron chi connectivity index (χ4n) is 2.29. The Morgan fingerprint density at radius 3 is 3.07 bits per heavy atom. The van der Waals surface area contributed by atoms with Gasteiger partial charge in [-0.25, -0.2) is 0 Å². The number of piperidine rings is 1. The van der Waals surface area contributed by atoms with Gasteiger partial charge in [-0.2, -0.15) is 0 Å². The first kappa shape index (κ1) is 10.5. The summed E-state index contributed by atoms with van der Waals surface area (Å²) < 4.78 is 0. The summed E-state index contributed by atoms with van der Waals surface area (Å²) in [4.78, 5) is 0. The molecular weight excluding hydrogens is 186 g/mol. The molecule has 0 aromatic heterocycles. The zero-order valence-corrected chi connectivity index (χ0v) is 9.29. The Balaban J connectivity index is 2.05. The summed E-state index contributed by atoms with van der Waals surface area (Å²) in [5, 5.41) is 13.2. The molecule has 15 heavy (non-hydrogen) atoms. The summed E-state index contributed by atoms with van der Waals surface area (Å²) in [6, 6.07) is 5.86. The Hall–Kier alpha value is -1.02. The lowest BCUT2D eigenvalue weighted by Crippen LogP contribution is -2.30. The van der Waals surface area contributed by atoms with Crippen LogP contribution in [-0.2, 0) is 6.42 Å². The van der Waals surface area contributed by atoms with Crippen LogP contribution in [0.5, 0.6) is 5.75 Å². The van der Waals surface area contributed by atoms with E-state index in [1.54, 1.807) is 6.07 Å². The van der Waals surface area contributed by atoms with Crippen molar-refractivity contribution in [3.63, 3.8) is 0 Å². The maximum Gasteiger partial charge on any atom is 0.118 e. The first-order chi connectivity index (χ1) is 7.25. The summed E-state index contributed by atoms with van der Waals surface area (Å²) in [6.45, 7) is 4.31. The standard InChI is InChI=1S/C13H19NO/c1-10-4-5-13(15)12(7-10)8-11-3-2-6-14-9-11/h4-5,7,11,14-15H,2-3,6,8-9H2,1H3. The topological polar surface area (TPSA) is 32.3 Å². The van der Waals surface area contributed by atoms with Gasteiger partial charge in [0.05, 0.1) is 0 Å². The number of nitrogens with one attached hydrogen (secondary N) is 1. The van der Waals surface area contributed by atoms with Gasteiger partial charge < -0.3 is 10.4 Å². The number of aromatic hydroxyl groups is 1. The highest BCUT2D eigenvalue weighted by Crippen LogP contribution is 2.24. The average molecular weight is 205 g/mol. The SMILES string of the molecule is Cc1ccc(O)c(CC2CCCNC2)c1. The highest BCUT2D eigenvalue weighted by Gasteiger charge is 2.15. The lowest BCUT2D eigenvalue weighted by Gasteiger charge is -2.23. The Morgan fingerprint density at radius 1 is 1.47 bits per heavy atom. The summed E-state index contributed by atoms with van der Waals surface area (Å²) in [5.41, 5.74) is 2.33. The van der Waals surface area contributed by atoms with Crippen molar-refractivity contribution < 1.29 is 5.11 Å². The van der Waals surface area contributed by atoms with Gasteiger partial charge in [0, 0.05) is 0 Å². The first-order valence-electron chi connectivity index (χ1n) is 5.75. The van der Waals surface area contributed by atoms with Crippen LogP contribution in [0.1, 0.15) is 24.0 Å². The van der Waals surface area contributed by atoms with Gasteiger partial charge >= 0.3 is 0 Å². The van der Waals surface area contributed by atoms with Crippen LogP contribution < -0.4 is 5.32 Å². The average Bonchev–Trinajstić information content (AvgIpc) is 2.25. The van der Waals surface area contributed by atoms with Gasteiger partial charge in [0.2, 0.25) is 0 Å². The van der Waals surface area contributed by atoms with Gasteiger partial charge in [-0.1, -0.05) is 17.7 Å². The molecular formula is C13H19NO. The summed E-state index contributed by atoms with van der Waals surface area (Å²) in [5.74, 6) is 1.14. The van der Waals surface area contributed by atoms with E-state index in [1.807, 2.05) is 6.07 Å². The second-order valence-electron chi connectivity index (χ2n) is 4.55. The van der Waals surface area contributed by atoms with Crippen molar-refractivity contribution in [2.24, 2.45) is 5.92 Å². The van der Waals surface area contributed by atoms with Crippen LogP contribution >= 0.6 is 0 Å². The van der Waals surface area contributed by atoms with Crippen molar-refractivity contribution in [3.05, 3.63) is 29.3 Å². The zero-order chi connectivity index (χ0) is 10.7. The van der Waals surface area contributed by atoms with Crippen LogP contribution in [0.15, 0.2) is 18.2 Å². The van der Waals surface area contributed by atoms with E-state index < -0.39 is 0 Å². The molecule has 1 unspecified atom stereocenters. The normalized spacial score (nSPS) is 21.5. The zero-order valence-electron chi connectivity index (χ0n) is 9.29. The molecule has 82 valence electrons. The quantitative estimate of drug-likeness (QED) is 0.776. The number of phenols is 1. The van der Waals surface area contributed by atoms with Gasteiger partial charge in [0.15, 0.2) is 0 Å². The molecule has 1 fully saturated rings. The number of phenolic OH excluding ortho intramolecular Hbond substituents is 1. The van der Waals surface area contributed by atoms with Gasteiger partial charge in [-0.15, -0.1) is 0 Å². The molecule has 0 radical (unpaired) electrons. The maximum atomic E-state index is 9.75. The third-order valence-corrected chi connectivity index (χ3v) is 3.14. The number of aryl methyl sites for hydroxylation is 1. The largest absolute Gasteiger partial charge is 0.508 e. The highest BCUT2D eigenvalue weighted by atomic mass is 16.3. The van der Waals surface area contributed by atoms with E-state index in [2.05, 4.69) is 18.3 Å². The monoisotopic (exact) mass is 205 g/mol. The molecule has 1 aromatic carbocycles. The van der Waals surface area contributed by atoms with Crippen LogP contribution in [0.4, 0.5) is 0 Å². The lowest BCUT2D eigenvalue weighted by atomic mass is 9.91. The van der Waals surface area contributed by atoms with Crippen molar-refractivity contribution >= 4 is 0 Å². The predicted octanol–water partition coefficient (Wildman–Crippen LogP) is 2.24. The van der Waals surface area contributed by atoms with E-state index in [0.717, 1.165) is 25.1 Å². The number of hydrogen-bond donors (Lipinski definition) is 2. The van der Waals surface area contributed by atoms with Crippen molar-refractivity contribution in [2.45, 2.75) is 26.2 Å². The molecule has 2 N–H and O–H groups in total. The lowest BCUT2D eigenvalue weighted by molar-refractivity contribution is 0.369. The molecule has 1 aliphatic heterocycles. The van der Waals surface area contributed by atoms with Crippen LogP contribution in [-0.4, -0.2) is 18.2 Å². The van der Waals surface area contributed by atoms with Crippen molar-refractivity contribution in [3.8, 4) is 5.75 Å². The van der Waals surface area contributed by atoms with Gasteiger partial charge in [-0.3, -0.25) is 0 Å². The number of hydrogen-bond acceptors (Lipinski definition) is 2. The molecule has 0 amide bonds. The minimum Gasteiger partial charge on any atom is -0.508 e. The Kier molecular flexibility index (Phi) is 3.27. The molecule has 1 aliphatic rings. The highest BCUT2D eigenvalue weighted by molar-refractivity contribution is 5.36. The molecule has 1 saturated heterocycles. The van der Waals surface area contributed by atoms with Gasteiger partial charge in [-0.05, 0) is 56.8 Å². The Bertz CT molecular complexity index is 329.